The maximum atomic E-state index is 13.0. The quantitative estimate of drug-likeness (QED) is 0.238. The number of carbonyl (C=O) groups excluding carboxylic acids is 2. The molecule has 40 heavy (non-hydrogen) atoms. The number of nitrogens with one attached hydrogen (secondary N) is 1. The van der Waals surface area contributed by atoms with Gasteiger partial charge in [0, 0.05) is 5.56 Å². The van der Waals surface area contributed by atoms with Crippen LogP contribution in [0.5, 0.6) is 17.2 Å². The molecule has 11 heteroatoms. The van der Waals surface area contributed by atoms with Gasteiger partial charge < -0.3 is 19.3 Å². The average molecular weight is 579 g/mol. The molecule has 2 N–H and O–H groups in total. The van der Waals surface area contributed by atoms with Gasteiger partial charge in [-0.1, -0.05) is 55.1 Å². The number of nitrogens with zero attached hydrogens (tertiary/aromatic N) is 1. The summed E-state index contributed by atoms with van der Waals surface area (Å²) in [7, 11) is 1.44. The summed E-state index contributed by atoms with van der Waals surface area (Å²) in [6.45, 7) is 2.11. The first-order valence-electron chi connectivity index (χ1n) is 12.2. The summed E-state index contributed by atoms with van der Waals surface area (Å²) < 4.78 is 16.8. The van der Waals surface area contributed by atoms with Crippen molar-refractivity contribution in [1.82, 2.24) is 10.4 Å². The first-order chi connectivity index (χ1) is 19.3. The van der Waals surface area contributed by atoms with Crippen LogP contribution in [0.25, 0.3) is 6.08 Å². The maximum absolute atomic E-state index is 13.0. The number of hydrazine groups is 1. The monoisotopic (exact) mass is 578 g/mol. The Morgan fingerprint density at radius 1 is 1.07 bits per heavy atom. The molecule has 1 unspecified atom stereocenters. The Morgan fingerprint density at radius 3 is 2.45 bits per heavy atom. The van der Waals surface area contributed by atoms with E-state index in [1.807, 2.05) is 30.3 Å². The molecule has 4 rings (SSSR count). The number of benzene rings is 3. The van der Waals surface area contributed by atoms with Gasteiger partial charge >= 0.3 is 5.97 Å². The van der Waals surface area contributed by atoms with Crippen LogP contribution in [0.4, 0.5) is 0 Å². The van der Waals surface area contributed by atoms with Crippen LogP contribution in [-0.2, 0) is 16.2 Å². The van der Waals surface area contributed by atoms with Crippen molar-refractivity contribution in [3.63, 3.8) is 0 Å². The molecule has 0 saturated carbocycles. The van der Waals surface area contributed by atoms with Gasteiger partial charge in [0.25, 0.3) is 11.8 Å². The minimum absolute atomic E-state index is 0.173. The lowest BCUT2D eigenvalue weighted by Gasteiger charge is -2.16. The molecule has 3 aromatic rings. The molecule has 0 aromatic heterocycles. The third-order valence-electron chi connectivity index (χ3n) is 5.77. The van der Waals surface area contributed by atoms with Crippen molar-refractivity contribution in [2.45, 2.75) is 26.1 Å². The molecule has 1 heterocycles. The topological polar surface area (TPSA) is 114 Å². The van der Waals surface area contributed by atoms with Crippen LogP contribution in [0.1, 0.15) is 34.8 Å². The largest absolute Gasteiger partial charge is 0.493 e. The van der Waals surface area contributed by atoms with E-state index in [0.717, 1.165) is 22.3 Å². The van der Waals surface area contributed by atoms with Gasteiger partial charge in [-0.3, -0.25) is 15.0 Å². The highest BCUT2D eigenvalue weighted by Crippen LogP contribution is 2.34. The Balaban J connectivity index is 1.40. The second-order valence-corrected chi connectivity index (χ2v) is 10.2. The lowest BCUT2D eigenvalue weighted by atomic mass is 10.1. The highest BCUT2D eigenvalue weighted by atomic mass is 32.2. The smallest absolute Gasteiger partial charge is 0.344 e. The third kappa shape index (κ3) is 6.99. The number of rotatable bonds is 11. The fourth-order valence-electron chi connectivity index (χ4n) is 3.66. The number of methoxy groups -OCH3 is 1. The van der Waals surface area contributed by atoms with Crippen molar-refractivity contribution < 1.29 is 33.7 Å². The predicted molar refractivity (Wildman–Crippen MR) is 155 cm³/mol. The zero-order valence-electron chi connectivity index (χ0n) is 21.7. The minimum Gasteiger partial charge on any atom is -0.493 e. The van der Waals surface area contributed by atoms with Crippen LogP contribution >= 0.6 is 24.0 Å². The molecule has 0 bridgehead atoms. The first-order valence-corrected chi connectivity index (χ1v) is 13.4. The molecule has 1 aliphatic rings. The molecular weight excluding hydrogens is 552 g/mol. The van der Waals surface area contributed by atoms with E-state index in [9.17, 15) is 19.5 Å². The van der Waals surface area contributed by atoms with Crippen LogP contribution in [0.15, 0.2) is 77.7 Å². The second-order valence-electron chi connectivity index (χ2n) is 8.52. The van der Waals surface area contributed by atoms with Crippen molar-refractivity contribution in [2.75, 3.05) is 7.11 Å². The van der Waals surface area contributed by atoms with Crippen LogP contribution in [0.3, 0.4) is 0 Å². The zero-order chi connectivity index (χ0) is 28.6. The standard InChI is InChI=1S/C29H26N2O7S2/c1-3-22(28(34)35)38-23-14-9-19(15-24(23)36-2)16-25-27(33)31(29(39)40-25)30-26(32)20-10-12-21(13-11-20)37-17-18-7-5-4-6-8-18/h4-16,22H,3,17H2,1-2H3,(H,30,32)(H,34,35)/b25-16+. The molecular formula is C29H26N2O7S2. The Bertz CT molecular complexity index is 1440. The summed E-state index contributed by atoms with van der Waals surface area (Å²) in [6.07, 6.45) is 0.865. The number of aliphatic carboxylic acids is 1. The number of carbonyl (C=O) groups is 3. The molecule has 0 spiro atoms. The lowest BCUT2D eigenvalue weighted by molar-refractivity contribution is -0.145. The van der Waals surface area contributed by atoms with Crippen LogP contribution < -0.4 is 19.6 Å². The summed E-state index contributed by atoms with van der Waals surface area (Å²) in [6, 6.07) is 21.2. The number of carboxylic acids is 1. The first kappa shape index (κ1) is 28.7. The van der Waals surface area contributed by atoms with E-state index in [4.69, 9.17) is 26.4 Å². The number of thioether (sulfide) groups is 1. The molecule has 9 nitrogen and oxygen atoms in total. The number of amides is 2. The van der Waals surface area contributed by atoms with Gasteiger partial charge in [0.1, 0.15) is 12.4 Å². The summed E-state index contributed by atoms with van der Waals surface area (Å²) in [4.78, 5) is 37.5. The number of hydrogen-bond donors (Lipinski definition) is 2. The predicted octanol–water partition coefficient (Wildman–Crippen LogP) is 5.06. The third-order valence-corrected chi connectivity index (χ3v) is 7.07. The number of hydrogen-bond acceptors (Lipinski definition) is 8. The fraction of sp³-hybridized carbons (Fsp3) is 0.172. The zero-order valence-corrected chi connectivity index (χ0v) is 23.3. The Kier molecular flexibility index (Phi) is 9.41. The van der Waals surface area contributed by atoms with Crippen LogP contribution in [-0.4, -0.2) is 45.4 Å². The Labute approximate surface area is 240 Å². The molecule has 1 fully saturated rings. The molecule has 0 aliphatic carbocycles. The molecule has 0 radical (unpaired) electrons. The highest BCUT2D eigenvalue weighted by Gasteiger charge is 2.34. The van der Waals surface area contributed by atoms with Crippen LogP contribution in [0.2, 0.25) is 0 Å². The van der Waals surface area contributed by atoms with E-state index in [2.05, 4.69) is 5.43 Å². The minimum atomic E-state index is -1.08. The van der Waals surface area contributed by atoms with Gasteiger partial charge in [-0.2, -0.15) is 5.01 Å². The van der Waals surface area contributed by atoms with Crippen molar-refractivity contribution in [1.29, 1.82) is 0 Å². The van der Waals surface area contributed by atoms with Gasteiger partial charge in [0.2, 0.25) is 0 Å². The van der Waals surface area contributed by atoms with E-state index >= 15 is 0 Å². The molecule has 1 aliphatic heterocycles. The van der Waals surface area contributed by atoms with Gasteiger partial charge in [-0.25, -0.2) is 4.79 Å². The summed E-state index contributed by atoms with van der Waals surface area (Å²) in [5.41, 5.74) is 4.52. The molecule has 1 atom stereocenters. The van der Waals surface area contributed by atoms with E-state index in [0.29, 0.717) is 34.1 Å². The molecule has 3 aromatic carbocycles. The Hall–Kier alpha value is -4.35. The van der Waals surface area contributed by atoms with Crippen LogP contribution in [0, 0.1) is 0 Å². The highest BCUT2D eigenvalue weighted by molar-refractivity contribution is 8.26. The number of ether oxygens (including phenoxy) is 3. The normalized spacial score (nSPS) is 14.7. The van der Waals surface area contributed by atoms with E-state index in [1.165, 1.54) is 7.11 Å². The SMILES string of the molecule is CCC(Oc1ccc(/C=C2/SC(=S)N(NC(=O)c3ccc(OCc4ccccc4)cc3)C2=O)cc1OC)C(=O)O. The molecule has 2 amide bonds. The van der Waals surface area contributed by atoms with Crippen molar-refractivity contribution in [3.05, 3.63) is 94.4 Å². The summed E-state index contributed by atoms with van der Waals surface area (Å²) in [5, 5.41) is 10.3. The van der Waals surface area contributed by atoms with Gasteiger partial charge in [-0.05, 0) is 72.2 Å². The number of carboxylic acid groups (broad SMARTS) is 1. The summed E-state index contributed by atoms with van der Waals surface area (Å²) in [5.74, 6) is -0.874. The number of thiocarbonyl (C=S) groups is 1. The van der Waals surface area contributed by atoms with Crippen molar-refractivity contribution in [3.8, 4) is 17.2 Å². The van der Waals surface area contributed by atoms with E-state index in [1.54, 1.807) is 55.5 Å². The van der Waals surface area contributed by atoms with Crippen molar-refractivity contribution >= 4 is 52.2 Å². The molecule has 206 valence electrons. The Morgan fingerprint density at radius 2 is 1.80 bits per heavy atom. The van der Waals surface area contributed by atoms with Gasteiger partial charge in [0.15, 0.2) is 21.9 Å². The van der Waals surface area contributed by atoms with E-state index < -0.39 is 23.9 Å². The van der Waals surface area contributed by atoms with Gasteiger partial charge in [0.05, 0.1) is 12.0 Å². The fourth-order valence-corrected chi connectivity index (χ4v) is 4.84. The van der Waals surface area contributed by atoms with Crippen molar-refractivity contribution in [2.24, 2.45) is 0 Å². The molecule has 1 saturated heterocycles. The maximum Gasteiger partial charge on any atom is 0.344 e. The summed E-state index contributed by atoms with van der Waals surface area (Å²) >= 11 is 6.37. The lowest BCUT2D eigenvalue weighted by Crippen LogP contribution is -2.44. The van der Waals surface area contributed by atoms with E-state index in [-0.39, 0.29) is 16.5 Å². The van der Waals surface area contributed by atoms with Gasteiger partial charge in [-0.15, -0.1) is 0 Å². The second kappa shape index (κ2) is 13.1. The average Bonchev–Trinajstić information content (AvgIpc) is 3.22.